The van der Waals surface area contributed by atoms with Gasteiger partial charge in [0.25, 0.3) is 0 Å². The van der Waals surface area contributed by atoms with Gasteiger partial charge in [-0.25, -0.2) is 0 Å². The monoisotopic (exact) mass is 198 g/mol. The van der Waals surface area contributed by atoms with Crippen LogP contribution in [0.2, 0.25) is 0 Å². The third-order valence-electron chi connectivity index (χ3n) is 4.11. The van der Waals surface area contributed by atoms with Crippen LogP contribution >= 0.6 is 0 Å². The molecule has 3 N–H and O–H groups in total. The predicted octanol–water partition coefficient (Wildman–Crippen LogP) is 0.270. The summed E-state index contributed by atoms with van der Waals surface area (Å²) < 4.78 is 0. The van der Waals surface area contributed by atoms with E-state index in [-0.39, 0.29) is 17.9 Å². The van der Waals surface area contributed by atoms with Crippen molar-refractivity contribution in [3.05, 3.63) is 0 Å². The Labute approximate surface area is 84.2 Å². The number of hydrogen-bond donors (Lipinski definition) is 2. The minimum atomic E-state index is -0.433. The van der Waals surface area contributed by atoms with Gasteiger partial charge in [-0.3, -0.25) is 14.9 Å². The third-order valence-corrected chi connectivity index (χ3v) is 4.11. The smallest absolute Gasteiger partial charge is 0.240 e. The van der Waals surface area contributed by atoms with Crippen molar-refractivity contribution in [1.29, 1.82) is 0 Å². The highest BCUT2D eigenvalue weighted by atomic mass is 16.2. The second kappa shape index (κ2) is 3.05. The minimum absolute atomic E-state index is 0.0358. The SMILES string of the molecule is CC1C(C)(C)C1(C)C(=O)NC(=O)CN. The highest BCUT2D eigenvalue weighted by Crippen LogP contribution is 2.68. The summed E-state index contributed by atoms with van der Waals surface area (Å²) in [6.07, 6.45) is 0. The van der Waals surface area contributed by atoms with Crippen LogP contribution in [0, 0.1) is 16.7 Å². The molecule has 80 valence electrons. The van der Waals surface area contributed by atoms with Crippen LogP contribution in [0.4, 0.5) is 0 Å². The summed E-state index contributed by atoms with van der Waals surface area (Å²) in [7, 11) is 0. The molecule has 0 bridgehead atoms. The first kappa shape index (κ1) is 11.2. The molecule has 1 fully saturated rings. The topological polar surface area (TPSA) is 72.2 Å². The summed E-state index contributed by atoms with van der Waals surface area (Å²) in [5.74, 6) is -0.322. The van der Waals surface area contributed by atoms with E-state index in [1.54, 1.807) is 0 Å². The number of carbonyl (C=O) groups excluding carboxylic acids is 2. The highest BCUT2D eigenvalue weighted by molar-refractivity contribution is 6.00. The van der Waals surface area contributed by atoms with Gasteiger partial charge in [-0.15, -0.1) is 0 Å². The standard InChI is InChI=1S/C10H18N2O2/c1-6-9(2,3)10(6,4)8(14)12-7(13)5-11/h6H,5,11H2,1-4H3,(H,12,13,14). The van der Waals surface area contributed by atoms with Gasteiger partial charge in [-0.2, -0.15) is 0 Å². The molecule has 14 heavy (non-hydrogen) atoms. The first-order chi connectivity index (χ1) is 6.28. The predicted molar refractivity (Wildman–Crippen MR) is 53.3 cm³/mol. The van der Waals surface area contributed by atoms with Crippen molar-refractivity contribution < 1.29 is 9.59 Å². The van der Waals surface area contributed by atoms with E-state index in [0.29, 0.717) is 5.92 Å². The lowest BCUT2D eigenvalue weighted by atomic mass is 9.97. The Morgan fingerprint density at radius 3 is 2.07 bits per heavy atom. The van der Waals surface area contributed by atoms with Crippen molar-refractivity contribution >= 4 is 11.8 Å². The number of imide groups is 1. The van der Waals surface area contributed by atoms with E-state index >= 15 is 0 Å². The molecule has 1 aliphatic rings. The van der Waals surface area contributed by atoms with Crippen LogP contribution in [0.1, 0.15) is 27.7 Å². The number of nitrogens with two attached hydrogens (primary N) is 1. The molecular weight excluding hydrogens is 180 g/mol. The van der Waals surface area contributed by atoms with Crippen molar-refractivity contribution in [1.82, 2.24) is 5.32 Å². The molecule has 2 amide bonds. The van der Waals surface area contributed by atoms with E-state index in [2.05, 4.69) is 5.32 Å². The lowest BCUT2D eigenvalue weighted by Crippen LogP contribution is -2.40. The molecule has 1 saturated carbocycles. The van der Waals surface area contributed by atoms with Crippen LogP contribution in [-0.2, 0) is 9.59 Å². The molecule has 0 heterocycles. The third kappa shape index (κ3) is 1.25. The number of hydrogen-bond acceptors (Lipinski definition) is 3. The molecule has 0 aromatic heterocycles. The van der Waals surface area contributed by atoms with E-state index in [0.717, 1.165) is 0 Å². The number of rotatable bonds is 2. The first-order valence-electron chi connectivity index (χ1n) is 4.82. The zero-order valence-corrected chi connectivity index (χ0v) is 9.18. The number of nitrogens with one attached hydrogen (secondary N) is 1. The van der Waals surface area contributed by atoms with Gasteiger partial charge in [0.15, 0.2) is 0 Å². The molecule has 0 aliphatic heterocycles. The van der Waals surface area contributed by atoms with Crippen LogP contribution in [0.15, 0.2) is 0 Å². The van der Waals surface area contributed by atoms with E-state index in [1.165, 1.54) is 0 Å². The van der Waals surface area contributed by atoms with Crippen molar-refractivity contribution in [3.63, 3.8) is 0 Å². The van der Waals surface area contributed by atoms with E-state index in [9.17, 15) is 9.59 Å². The summed E-state index contributed by atoms with van der Waals surface area (Å²) in [5.41, 5.74) is 4.65. The Balaban J connectivity index is 2.69. The van der Waals surface area contributed by atoms with Crippen LogP contribution in [0.3, 0.4) is 0 Å². The average molecular weight is 198 g/mol. The Morgan fingerprint density at radius 1 is 1.36 bits per heavy atom. The normalized spacial score (nSPS) is 33.6. The summed E-state index contributed by atoms with van der Waals surface area (Å²) in [5, 5.41) is 2.32. The fourth-order valence-electron chi connectivity index (χ4n) is 2.07. The largest absolute Gasteiger partial charge is 0.322 e. The molecule has 4 nitrogen and oxygen atoms in total. The molecule has 0 aromatic carbocycles. The van der Waals surface area contributed by atoms with Gasteiger partial charge in [0.2, 0.25) is 11.8 Å². The van der Waals surface area contributed by atoms with Crippen molar-refractivity contribution in [3.8, 4) is 0 Å². The Hall–Kier alpha value is -0.900. The maximum absolute atomic E-state index is 11.7. The van der Waals surface area contributed by atoms with Gasteiger partial charge in [0.1, 0.15) is 0 Å². The van der Waals surface area contributed by atoms with Crippen LogP contribution < -0.4 is 11.1 Å². The van der Waals surface area contributed by atoms with E-state index in [4.69, 9.17) is 5.73 Å². The lowest BCUT2D eigenvalue weighted by molar-refractivity contribution is -0.133. The van der Waals surface area contributed by atoms with Gasteiger partial charge < -0.3 is 5.73 Å². The second-order valence-electron chi connectivity index (χ2n) is 4.73. The lowest BCUT2D eigenvalue weighted by Gasteiger charge is -2.13. The van der Waals surface area contributed by atoms with Gasteiger partial charge in [-0.05, 0) is 18.3 Å². The molecule has 0 spiro atoms. The Kier molecular flexibility index (Phi) is 2.44. The maximum Gasteiger partial charge on any atom is 0.240 e. The quantitative estimate of drug-likeness (QED) is 0.669. The molecule has 0 aromatic rings. The van der Waals surface area contributed by atoms with E-state index < -0.39 is 11.3 Å². The van der Waals surface area contributed by atoms with Crippen LogP contribution in [0.5, 0.6) is 0 Å². The summed E-state index contributed by atoms with van der Waals surface area (Å²) in [4.78, 5) is 22.7. The van der Waals surface area contributed by atoms with Gasteiger partial charge in [0, 0.05) is 0 Å². The molecular formula is C10H18N2O2. The molecule has 0 saturated heterocycles. The van der Waals surface area contributed by atoms with Gasteiger partial charge >= 0.3 is 0 Å². The summed E-state index contributed by atoms with van der Waals surface area (Å²) >= 11 is 0. The average Bonchev–Trinajstić information content (AvgIpc) is 2.51. The second-order valence-corrected chi connectivity index (χ2v) is 4.73. The van der Waals surface area contributed by atoms with Crippen molar-refractivity contribution in [2.24, 2.45) is 22.5 Å². The maximum atomic E-state index is 11.7. The zero-order chi connectivity index (χ0) is 11.1. The minimum Gasteiger partial charge on any atom is -0.322 e. The van der Waals surface area contributed by atoms with E-state index in [1.807, 2.05) is 27.7 Å². The summed E-state index contributed by atoms with van der Waals surface area (Å²) in [6, 6.07) is 0. The fourth-order valence-corrected chi connectivity index (χ4v) is 2.07. The molecule has 1 rings (SSSR count). The van der Waals surface area contributed by atoms with Crippen molar-refractivity contribution in [2.75, 3.05) is 6.54 Å². The van der Waals surface area contributed by atoms with Crippen LogP contribution in [0.25, 0.3) is 0 Å². The highest BCUT2D eigenvalue weighted by Gasteiger charge is 2.69. The van der Waals surface area contributed by atoms with Crippen molar-refractivity contribution in [2.45, 2.75) is 27.7 Å². The van der Waals surface area contributed by atoms with Gasteiger partial charge in [0.05, 0.1) is 12.0 Å². The first-order valence-corrected chi connectivity index (χ1v) is 4.82. The summed E-state index contributed by atoms with van der Waals surface area (Å²) in [6.45, 7) is 7.83. The fraction of sp³-hybridized carbons (Fsp3) is 0.800. The number of amides is 2. The Bertz CT molecular complexity index is 286. The zero-order valence-electron chi connectivity index (χ0n) is 9.18. The molecule has 1 aliphatic carbocycles. The molecule has 4 heteroatoms. The Morgan fingerprint density at radius 2 is 1.79 bits per heavy atom. The molecule has 0 radical (unpaired) electrons. The van der Waals surface area contributed by atoms with Gasteiger partial charge in [-0.1, -0.05) is 20.8 Å². The molecule has 2 unspecified atom stereocenters. The van der Waals surface area contributed by atoms with Crippen LogP contribution in [-0.4, -0.2) is 18.4 Å². The molecule has 2 atom stereocenters. The number of carbonyl (C=O) groups is 2.